The summed E-state index contributed by atoms with van der Waals surface area (Å²) in [5.41, 5.74) is 8.77. The molecule has 4 nitrogen and oxygen atoms in total. The first-order valence-electron chi connectivity index (χ1n) is 6.11. The van der Waals surface area contributed by atoms with Crippen LogP contribution in [0.4, 0.5) is 17.1 Å². The van der Waals surface area contributed by atoms with Crippen LogP contribution in [0, 0.1) is 3.57 Å². The van der Waals surface area contributed by atoms with Crippen molar-refractivity contribution in [1.82, 2.24) is 0 Å². The zero-order valence-electron chi connectivity index (χ0n) is 11.4. The molecule has 2 aromatic rings. The van der Waals surface area contributed by atoms with E-state index < -0.39 is 0 Å². The summed E-state index contributed by atoms with van der Waals surface area (Å²) < 4.78 is 1.07. The molecule has 0 atom stereocenters. The fourth-order valence-electron chi connectivity index (χ4n) is 1.87. The van der Waals surface area contributed by atoms with E-state index in [0.29, 0.717) is 11.3 Å². The molecule has 0 radical (unpaired) electrons. The van der Waals surface area contributed by atoms with E-state index in [2.05, 4.69) is 27.9 Å². The average molecular weight is 381 g/mol. The van der Waals surface area contributed by atoms with Crippen LogP contribution >= 0.6 is 22.6 Å². The number of nitrogen functional groups attached to an aromatic ring is 1. The Morgan fingerprint density at radius 1 is 1.20 bits per heavy atom. The lowest BCUT2D eigenvalue weighted by Gasteiger charge is -2.16. The van der Waals surface area contributed by atoms with Crippen molar-refractivity contribution >= 4 is 45.6 Å². The molecule has 0 fully saturated rings. The highest BCUT2D eigenvalue weighted by Crippen LogP contribution is 2.23. The monoisotopic (exact) mass is 381 g/mol. The Morgan fingerprint density at radius 3 is 2.55 bits per heavy atom. The largest absolute Gasteiger partial charge is 0.397 e. The van der Waals surface area contributed by atoms with Gasteiger partial charge in [-0.2, -0.15) is 0 Å². The van der Waals surface area contributed by atoms with E-state index in [1.165, 1.54) is 0 Å². The minimum atomic E-state index is -0.163. The molecule has 1 amide bonds. The third-order valence-corrected chi connectivity index (χ3v) is 3.53. The summed E-state index contributed by atoms with van der Waals surface area (Å²) in [4.78, 5) is 14.1. The number of hydrogen-bond donors (Lipinski definition) is 2. The van der Waals surface area contributed by atoms with Crippen molar-refractivity contribution in [3.8, 4) is 0 Å². The number of anilines is 3. The van der Waals surface area contributed by atoms with Crippen LogP contribution in [0.15, 0.2) is 42.5 Å². The lowest BCUT2D eigenvalue weighted by Crippen LogP contribution is -2.15. The summed E-state index contributed by atoms with van der Waals surface area (Å²) in [5, 5.41) is 2.86. The molecule has 0 spiro atoms. The van der Waals surface area contributed by atoms with Crippen molar-refractivity contribution < 1.29 is 4.79 Å². The maximum Gasteiger partial charge on any atom is 0.255 e. The van der Waals surface area contributed by atoms with Gasteiger partial charge >= 0.3 is 0 Å². The van der Waals surface area contributed by atoms with Gasteiger partial charge in [0.05, 0.1) is 11.4 Å². The first-order valence-corrected chi connectivity index (χ1v) is 7.19. The second-order valence-electron chi connectivity index (χ2n) is 4.63. The Labute approximate surface area is 132 Å². The standard InChI is InChI=1S/C15H16IN3O/c1-19(2)14-7-6-10(8-13(14)17)15(20)18-12-5-3-4-11(16)9-12/h3-9H,17H2,1-2H3,(H,18,20). The summed E-state index contributed by atoms with van der Waals surface area (Å²) in [6.07, 6.45) is 0. The SMILES string of the molecule is CN(C)c1ccc(C(=O)Nc2cccc(I)c2)cc1N. The maximum absolute atomic E-state index is 12.2. The first kappa shape index (κ1) is 14.6. The van der Waals surface area contributed by atoms with E-state index in [4.69, 9.17) is 5.73 Å². The molecule has 2 aromatic carbocycles. The third-order valence-electron chi connectivity index (χ3n) is 2.85. The van der Waals surface area contributed by atoms with Gasteiger partial charge in [0.1, 0.15) is 0 Å². The van der Waals surface area contributed by atoms with E-state index >= 15 is 0 Å². The van der Waals surface area contributed by atoms with E-state index in [0.717, 1.165) is 14.9 Å². The maximum atomic E-state index is 12.2. The van der Waals surface area contributed by atoms with Crippen molar-refractivity contribution in [3.05, 3.63) is 51.6 Å². The third kappa shape index (κ3) is 3.41. The van der Waals surface area contributed by atoms with Gasteiger partial charge in [0, 0.05) is 28.9 Å². The number of benzene rings is 2. The number of nitrogens with two attached hydrogens (primary N) is 1. The van der Waals surface area contributed by atoms with Gasteiger partial charge in [0.15, 0.2) is 0 Å². The van der Waals surface area contributed by atoms with Crippen molar-refractivity contribution in [1.29, 1.82) is 0 Å². The van der Waals surface area contributed by atoms with Gasteiger partial charge in [-0.3, -0.25) is 4.79 Å². The van der Waals surface area contributed by atoms with Gasteiger partial charge < -0.3 is 16.0 Å². The lowest BCUT2D eigenvalue weighted by molar-refractivity contribution is 0.102. The predicted molar refractivity (Wildman–Crippen MR) is 92.3 cm³/mol. The highest BCUT2D eigenvalue weighted by Gasteiger charge is 2.09. The van der Waals surface area contributed by atoms with E-state index in [1.54, 1.807) is 12.1 Å². The number of nitrogens with one attached hydrogen (secondary N) is 1. The summed E-state index contributed by atoms with van der Waals surface area (Å²) in [7, 11) is 3.83. The molecular formula is C15H16IN3O. The molecule has 3 N–H and O–H groups in total. The van der Waals surface area contributed by atoms with Crippen LogP contribution in [0.5, 0.6) is 0 Å². The Morgan fingerprint density at radius 2 is 1.95 bits per heavy atom. The summed E-state index contributed by atoms with van der Waals surface area (Å²) in [6, 6.07) is 13.0. The molecule has 5 heteroatoms. The molecule has 0 aliphatic heterocycles. The number of amides is 1. The van der Waals surface area contributed by atoms with Gasteiger partial charge in [-0.05, 0) is 59.0 Å². The highest BCUT2D eigenvalue weighted by atomic mass is 127. The van der Waals surface area contributed by atoms with Gasteiger partial charge in [0.25, 0.3) is 5.91 Å². The van der Waals surface area contributed by atoms with E-state index in [-0.39, 0.29) is 5.91 Å². The first-order chi connectivity index (χ1) is 9.47. The predicted octanol–water partition coefficient (Wildman–Crippen LogP) is 3.19. The van der Waals surface area contributed by atoms with Gasteiger partial charge in [-0.1, -0.05) is 6.07 Å². The van der Waals surface area contributed by atoms with Crippen molar-refractivity contribution in [2.75, 3.05) is 30.0 Å². The minimum absolute atomic E-state index is 0.163. The topological polar surface area (TPSA) is 58.4 Å². The summed E-state index contributed by atoms with van der Waals surface area (Å²) >= 11 is 2.21. The van der Waals surface area contributed by atoms with Gasteiger partial charge in [-0.15, -0.1) is 0 Å². The van der Waals surface area contributed by atoms with Crippen LogP contribution in [0.3, 0.4) is 0 Å². The molecule has 20 heavy (non-hydrogen) atoms. The summed E-state index contributed by atoms with van der Waals surface area (Å²) in [5.74, 6) is -0.163. The highest BCUT2D eigenvalue weighted by molar-refractivity contribution is 14.1. The van der Waals surface area contributed by atoms with Crippen LogP contribution in [0.1, 0.15) is 10.4 Å². The minimum Gasteiger partial charge on any atom is -0.397 e. The smallest absolute Gasteiger partial charge is 0.255 e. The number of hydrogen-bond acceptors (Lipinski definition) is 3. The fraction of sp³-hybridized carbons (Fsp3) is 0.133. The number of rotatable bonds is 3. The molecule has 2 rings (SSSR count). The Hall–Kier alpha value is -1.76. The Bertz CT molecular complexity index is 641. The molecule has 0 saturated heterocycles. The Balaban J connectivity index is 2.19. The normalized spacial score (nSPS) is 10.2. The zero-order chi connectivity index (χ0) is 14.7. The number of nitrogens with zero attached hydrogens (tertiary/aromatic N) is 1. The molecular weight excluding hydrogens is 365 g/mol. The van der Waals surface area contributed by atoms with Crippen LogP contribution in [-0.4, -0.2) is 20.0 Å². The Kier molecular flexibility index (Phi) is 4.49. The van der Waals surface area contributed by atoms with Crippen LogP contribution in [0.25, 0.3) is 0 Å². The van der Waals surface area contributed by atoms with Crippen LogP contribution in [-0.2, 0) is 0 Å². The van der Waals surface area contributed by atoms with Gasteiger partial charge in [-0.25, -0.2) is 0 Å². The molecule has 0 aromatic heterocycles. The molecule has 0 aliphatic carbocycles. The van der Waals surface area contributed by atoms with E-state index in [9.17, 15) is 4.79 Å². The molecule has 0 heterocycles. The number of carbonyl (C=O) groups excluding carboxylic acids is 1. The molecule has 0 aliphatic rings. The van der Waals surface area contributed by atoms with Crippen LogP contribution in [0.2, 0.25) is 0 Å². The van der Waals surface area contributed by atoms with Gasteiger partial charge in [0.2, 0.25) is 0 Å². The van der Waals surface area contributed by atoms with Crippen molar-refractivity contribution in [2.24, 2.45) is 0 Å². The second kappa shape index (κ2) is 6.13. The van der Waals surface area contributed by atoms with Crippen molar-refractivity contribution in [3.63, 3.8) is 0 Å². The van der Waals surface area contributed by atoms with E-state index in [1.807, 2.05) is 49.3 Å². The number of halogens is 1. The number of carbonyl (C=O) groups is 1. The van der Waals surface area contributed by atoms with Crippen molar-refractivity contribution in [2.45, 2.75) is 0 Å². The zero-order valence-corrected chi connectivity index (χ0v) is 13.5. The molecule has 104 valence electrons. The molecule has 0 bridgehead atoms. The fourth-order valence-corrected chi connectivity index (χ4v) is 2.42. The van der Waals surface area contributed by atoms with Crippen LogP contribution < -0.4 is 16.0 Å². The molecule has 0 unspecified atom stereocenters. The lowest BCUT2D eigenvalue weighted by atomic mass is 10.1. The summed E-state index contributed by atoms with van der Waals surface area (Å²) in [6.45, 7) is 0. The quantitative estimate of drug-likeness (QED) is 0.634. The average Bonchev–Trinajstić information content (AvgIpc) is 2.38. The molecule has 0 saturated carbocycles. The second-order valence-corrected chi connectivity index (χ2v) is 5.88.